The Morgan fingerprint density at radius 3 is 2.78 bits per heavy atom. The molecule has 0 unspecified atom stereocenters. The Balaban J connectivity index is 1.95. The zero-order chi connectivity index (χ0) is 16.4. The second-order valence-electron chi connectivity index (χ2n) is 4.97. The van der Waals surface area contributed by atoms with Crippen LogP contribution >= 0.6 is 11.8 Å². The van der Waals surface area contributed by atoms with Crippen LogP contribution in [-0.4, -0.2) is 21.4 Å². The molecule has 7 heteroatoms. The van der Waals surface area contributed by atoms with Gasteiger partial charge in [0.1, 0.15) is 16.6 Å². The van der Waals surface area contributed by atoms with Gasteiger partial charge in [-0.2, -0.15) is 0 Å². The normalized spacial score (nSPS) is 10.8. The van der Waals surface area contributed by atoms with Gasteiger partial charge in [0.05, 0.1) is 11.3 Å². The lowest BCUT2D eigenvalue weighted by molar-refractivity contribution is 0.384. The minimum atomic E-state index is -0.271. The van der Waals surface area contributed by atoms with Crippen LogP contribution in [0.1, 0.15) is 11.3 Å². The van der Waals surface area contributed by atoms with E-state index in [1.807, 2.05) is 26.2 Å². The number of hydrogen-bond acceptors (Lipinski definition) is 6. The lowest BCUT2D eigenvalue weighted by Crippen LogP contribution is -2.00. The van der Waals surface area contributed by atoms with Gasteiger partial charge >= 0.3 is 0 Å². The lowest BCUT2D eigenvalue weighted by atomic mass is 10.2. The molecule has 23 heavy (non-hydrogen) atoms. The van der Waals surface area contributed by atoms with Crippen molar-refractivity contribution in [1.82, 2.24) is 15.1 Å². The monoisotopic (exact) mass is 330 g/mol. The molecule has 3 rings (SSSR count). The molecule has 0 radical (unpaired) electrons. The second kappa shape index (κ2) is 6.37. The summed E-state index contributed by atoms with van der Waals surface area (Å²) in [5.74, 6) is 0.870. The van der Waals surface area contributed by atoms with Crippen molar-refractivity contribution in [2.24, 2.45) is 0 Å². The minimum absolute atomic E-state index is 0.271. The smallest absolute Gasteiger partial charge is 0.227 e. The Kier molecular flexibility index (Phi) is 4.29. The highest BCUT2D eigenvalue weighted by atomic mass is 32.2. The summed E-state index contributed by atoms with van der Waals surface area (Å²) in [6, 6.07) is 6.33. The third-order valence-corrected chi connectivity index (χ3v) is 4.04. The number of nitrogens with zero attached hydrogens (tertiary/aromatic N) is 3. The number of thioether (sulfide) groups is 1. The van der Waals surface area contributed by atoms with E-state index in [0.29, 0.717) is 11.7 Å². The van der Waals surface area contributed by atoms with E-state index in [2.05, 4.69) is 20.4 Å². The maximum absolute atomic E-state index is 13.2. The van der Waals surface area contributed by atoms with Gasteiger partial charge in [0.15, 0.2) is 0 Å². The number of anilines is 2. The Morgan fingerprint density at radius 1 is 1.22 bits per heavy atom. The predicted octanol–water partition coefficient (Wildman–Crippen LogP) is 4.35. The summed E-state index contributed by atoms with van der Waals surface area (Å²) >= 11 is 1.50. The van der Waals surface area contributed by atoms with Crippen LogP contribution in [-0.2, 0) is 0 Å². The van der Waals surface area contributed by atoms with Gasteiger partial charge in [-0.3, -0.25) is 0 Å². The molecular formula is C16H15FN4OS. The molecule has 2 heterocycles. The third kappa shape index (κ3) is 3.19. The predicted molar refractivity (Wildman–Crippen MR) is 88.5 cm³/mol. The van der Waals surface area contributed by atoms with Crippen molar-refractivity contribution >= 4 is 23.4 Å². The molecule has 0 saturated carbocycles. The summed E-state index contributed by atoms with van der Waals surface area (Å²) in [4.78, 5) is 8.73. The molecule has 118 valence electrons. The lowest BCUT2D eigenvalue weighted by Gasteiger charge is -2.09. The molecule has 0 fully saturated rings. The van der Waals surface area contributed by atoms with Crippen LogP contribution in [0.4, 0.5) is 16.0 Å². The molecular weight excluding hydrogens is 315 g/mol. The quantitative estimate of drug-likeness (QED) is 0.717. The van der Waals surface area contributed by atoms with Crippen molar-refractivity contribution in [1.29, 1.82) is 0 Å². The summed E-state index contributed by atoms with van der Waals surface area (Å²) in [7, 11) is 0. The van der Waals surface area contributed by atoms with E-state index in [1.54, 1.807) is 12.3 Å². The molecule has 1 N–H and O–H groups in total. The molecule has 1 aromatic carbocycles. The summed E-state index contributed by atoms with van der Waals surface area (Å²) in [6.07, 6.45) is 3.60. The molecule has 0 spiro atoms. The van der Waals surface area contributed by atoms with Crippen LogP contribution in [0.25, 0.3) is 11.3 Å². The fourth-order valence-electron chi connectivity index (χ4n) is 2.23. The fourth-order valence-corrected chi connectivity index (χ4v) is 2.79. The molecule has 0 aliphatic carbocycles. The first kappa shape index (κ1) is 15.5. The summed E-state index contributed by atoms with van der Waals surface area (Å²) in [5, 5.41) is 7.91. The minimum Gasteiger partial charge on any atom is -0.360 e. The molecule has 5 nitrogen and oxygen atoms in total. The second-order valence-corrected chi connectivity index (χ2v) is 5.77. The fraction of sp³-hybridized carbons (Fsp3) is 0.188. The van der Waals surface area contributed by atoms with Crippen molar-refractivity contribution in [3.8, 4) is 11.3 Å². The van der Waals surface area contributed by atoms with Crippen LogP contribution in [0.15, 0.2) is 40.0 Å². The van der Waals surface area contributed by atoms with E-state index in [4.69, 9.17) is 4.52 Å². The van der Waals surface area contributed by atoms with E-state index in [-0.39, 0.29) is 5.82 Å². The Bertz CT molecular complexity index is 850. The number of hydrogen-bond donors (Lipinski definition) is 1. The first-order chi connectivity index (χ1) is 11.1. The highest BCUT2D eigenvalue weighted by molar-refractivity contribution is 7.98. The van der Waals surface area contributed by atoms with Gasteiger partial charge in [0.2, 0.25) is 5.95 Å². The number of benzene rings is 1. The average molecular weight is 330 g/mol. The van der Waals surface area contributed by atoms with Gasteiger partial charge in [-0.1, -0.05) is 5.16 Å². The zero-order valence-corrected chi connectivity index (χ0v) is 13.7. The van der Waals surface area contributed by atoms with E-state index < -0.39 is 0 Å². The van der Waals surface area contributed by atoms with Crippen LogP contribution in [0, 0.1) is 19.7 Å². The SMILES string of the molecule is CSc1noc(C)c1-c1ccnc(Nc2ccc(F)cc2C)n1. The van der Waals surface area contributed by atoms with Crippen molar-refractivity contribution in [3.05, 3.63) is 47.6 Å². The molecule has 2 aromatic heterocycles. The van der Waals surface area contributed by atoms with E-state index >= 15 is 0 Å². The number of nitrogens with one attached hydrogen (secondary N) is 1. The Hall–Kier alpha value is -2.41. The first-order valence-electron chi connectivity index (χ1n) is 6.95. The molecule has 3 aromatic rings. The van der Waals surface area contributed by atoms with Crippen LogP contribution in [0.2, 0.25) is 0 Å². The van der Waals surface area contributed by atoms with E-state index in [9.17, 15) is 4.39 Å². The molecule has 0 amide bonds. The highest BCUT2D eigenvalue weighted by Gasteiger charge is 2.16. The van der Waals surface area contributed by atoms with Gasteiger partial charge in [-0.25, -0.2) is 14.4 Å². The van der Waals surface area contributed by atoms with Crippen molar-refractivity contribution < 1.29 is 8.91 Å². The molecule has 0 atom stereocenters. The van der Waals surface area contributed by atoms with Gasteiger partial charge in [-0.15, -0.1) is 11.8 Å². The summed E-state index contributed by atoms with van der Waals surface area (Å²) in [5.41, 5.74) is 3.13. The van der Waals surface area contributed by atoms with Crippen molar-refractivity contribution in [3.63, 3.8) is 0 Å². The average Bonchev–Trinajstić information content (AvgIpc) is 2.91. The molecule has 0 aliphatic heterocycles. The number of rotatable bonds is 4. The van der Waals surface area contributed by atoms with Crippen LogP contribution in [0.5, 0.6) is 0 Å². The van der Waals surface area contributed by atoms with Crippen molar-refractivity contribution in [2.45, 2.75) is 18.9 Å². The highest BCUT2D eigenvalue weighted by Crippen LogP contribution is 2.31. The Labute approximate surface area is 137 Å². The standard InChI is InChI=1S/C16H15FN4OS/c1-9-8-11(17)4-5-12(9)19-16-18-7-6-13(20-16)14-10(2)22-21-15(14)23-3/h4-8H,1-3H3,(H,18,19,20). The molecule has 0 bridgehead atoms. The van der Waals surface area contributed by atoms with Gasteiger partial charge in [0, 0.05) is 11.9 Å². The molecule has 0 saturated heterocycles. The third-order valence-electron chi connectivity index (χ3n) is 3.37. The van der Waals surface area contributed by atoms with Crippen LogP contribution in [0.3, 0.4) is 0 Å². The van der Waals surface area contributed by atoms with E-state index in [0.717, 1.165) is 27.5 Å². The Morgan fingerprint density at radius 2 is 2.04 bits per heavy atom. The number of aryl methyl sites for hydroxylation is 2. The first-order valence-corrected chi connectivity index (χ1v) is 8.18. The maximum Gasteiger partial charge on any atom is 0.227 e. The van der Waals surface area contributed by atoms with Gasteiger partial charge in [-0.05, 0) is 49.9 Å². The zero-order valence-electron chi connectivity index (χ0n) is 12.9. The van der Waals surface area contributed by atoms with Crippen LogP contribution < -0.4 is 5.32 Å². The van der Waals surface area contributed by atoms with Gasteiger partial charge in [0.25, 0.3) is 0 Å². The summed E-state index contributed by atoms with van der Waals surface area (Å²) < 4.78 is 18.4. The summed E-state index contributed by atoms with van der Waals surface area (Å²) in [6.45, 7) is 3.67. The largest absolute Gasteiger partial charge is 0.360 e. The van der Waals surface area contributed by atoms with Gasteiger partial charge < -0.3 is 9.84 Å². The molecule has 0 aliphatic rings. The van der Waals surface area contributed by atoms with E-state index in [1.165, 1.54) is 23.9 Å². The number of aromatic nitrogens is 3. The maximum atomic E-state index is 13.2. The topological polar surface area (TPSA) is 63.8 Å². The number of halogens is 1. The van der Waals surface area contributed by atoms with Crippen molar-refractivity contribution in [2.75, 3.05) is 11.6 Å².